The summed E-state index contributed by atoms with van der Waals surface area (Å²) in [4.78, 5) is 11.2. The van der Waals surface area contributed by atoms with Crippen molar-refractivity contribution in [3.8, 4) is 5.69 Å². The van der Waals surface area contributed by atoms with E-state index in [0.717, 1.165) is 16.8 Å². The number of nitrogens with zero attached hydrogens (tertiary/aromatic N) is 2. The first-order valence-electron chi connectivity index (χ1n) is 6.05. The Hall–Kier alpha value is -2.35. The maximum atomic E-state index is 13.3. The minimum absolute atomic E-state index is 0.0587. The number of carbonyl (C=O) groups is 1. The summed E-state index contributed by atoms with van der Waals surface area (Å²) in [5, 5.41) is 13.0. The van der Waals surface area contributed by atoms with Crippen LogP contribution in [-0.2, 0) is 17.8 Å². The summed E-state index contributed by atoms with van der Waals surface area (Å²) in [7, 11) is 0. The molecule has 1 aliphatic heterocycles. The van der Waals surface area contributed by atoms with Crippen molar-refractivity contribution >= 4 is 5.97 Å². The molecule has 21 heavy (non-hydrogen) atoms. The van der Waals surface area contributed by atoms with Gasteiger partial charge in [-0.3, -0.25) is 0 Å². The van der Waals surface area contributed by atoms with Crippen molar-refractivity contribution in [3.05, 3.63) is 46.5 Å². The second kappa shape index (κ2) is 4.88. The van der Waals surface area contributed by atoms with Gasteiger partial charge in [-0.05, 0) is 0 Å². The number of fused-ring (bicyclic) bond motifs is 1. The number of halogens is 3. The molecule has 0 radical (unpaired) electrons. The van der Waals surface area contributed by atoms with Gasteiger partial charge in [0.15, 0.2) is 23.1 Å². The predicted molar refractivity (Wildman–Crippen MR) is 63.8 cm³/mol. The fourth-order valence-corrected chi connectivity index (χ4v) is 2.29. The highest BCUT2D eigenvalue weighted by molar-refractivity contribution is 5.87. The van der Waals surface area contributed by atoms with Crippen LogP contribution in [0.4, 0.5) is 13.2 Å². The van der Waals surface area contributed by atoms with Gasteiger partial charge in [0.2, 0.25) is 0 Å². The van der Waals surface area contributed by atoms with Gasteiger partial charge < -0.3 is 9.84 Å². The lowest BCUT2D eigenvalue weighted by molar-refractivity contribution is 0.0677. The molecule has 5 nitrogen and oxygen atoms in total. The van der Waals surface area contributed by atoms with Crippen LogP contribution in [0.25, 0.3) is 5.69 Å². The van der Waals surface area contributed by atoms with Crippen molar-refractivity contribution in [2.75, 3.05) is 6.61 Å². The number of carboxylic acids is 1. The predicted octanol–water partition coefficient (Wildman–Crippen LogP) is 2.06. The van der Waals surface area contributed by atoms with Crippen molar-refractivity contribution in [3.63, 3.8) is 0 Å². The minimum atomic E-state index is -1.58. The van der Waals surface area contributed by atoms with Crippen LogP contribution in [0.2, 0.25) is 0 Å². The zero-order valence-corrected chi connectivity index (χ0v) is 10.6. The molecule has 0 atom stereocenters. The van der Waals surface area contributed by atoms with Gasteiger partial charge in [-0.2, -0.15) is 5.10 Å². The van der Waals surface area contributed by atoms with Gasteiger partial charge >= 0.3 is 5.97 Å². The summed E-state index contributed by atoms with van der Waals surface area (Å²) in [6.07, 6.45) is 0.343. The highest BCUT2D eigenvalue weighted by Gasteiger charge is 2.26. The third-order valence-corrected chi connectivity index (χ3v) is 3.24. The number of benzene rings is 1. The topological polar surface area (TPSA) is 64.3 Å². The molecular formula is C13H9F3N2O3. The van der Waals surface area contributed by atoms with E-state index >= 15 is 0 Å². The van der Waals surface area contributed by atoms with E-state index in [-0.39, 0.29) is 18.0 Å². The molecule has 0 saturated carbocycles. The van der Waals surface area contributed by atoms with Gasteiger partial charge in [0.25, 0.3) is 0 Å². The van der Waals surface area contributed by atoms with Crippen molar-refractivity contribution in [2.45, 2.75) is 13.0 Å². The summed E-state index contributed by atoms with van der Waals surface area (Å²) < 4.78 is 46.0. The Morgan fingerprint density at radius 3 is 2.57 bits per heavy atom. The molecule has 0 saturated heterocycles. The number of ether oxygens (including phenoxy) is 1. The Kier molecular flexibility index (Phi) is 3.17. The van der Waals surface area contributed by atoms with Crippen LogP contribution in [0.3, 0.4) is 0 Å². The lowest BCUT2D eigenvalue weighted by Gasteiger charge is -2.15. The lowest BCUT2D eigenvalue weighted by Crippen LogP contribution is -2.14. The normalized spacial score (nSPS) is 14.0. The van der Waals surface area contributed by atoms with Crippen molar-refractivity contribution in [1.82, 2.24) is 9.78 Å². The molecule has 0 unspecified atom stereocenters. The van der Waals surface area contributed by atoms with Crippen LogP contribution in [0, 0.1) is 17.5 Å². The van der Waals surface area contributed by atoms with Crippen LogP contribution >= 0.6 is 0 Å². The molecule has 0 fully saturated rings. The van der Waals surface area contributed by atoms with Crippen LogP contribution in [0.15, 0.2) is 12.1 Å². The number of aromatic carboxylic acids is 1. The summed E-state index contributed by atoms with van der Waals surface area (Å²) >= 11 is 0. The maximum absolute atomic E-state index is 13.3. The molecule has 1 aromatic carbocycles. The smallest absolute Gasteiger partial charge is 0.356 e. The maximum Gasteiger partial charge on any atom is 0.356 e. The molecule has 3 rings (SSSR count). The Labute approximate surface area is 116 Å². The van der Waals surface area contributed by atoms with Gasteiger partial charge in [-0.1, -0.05) is 0 Å². The third kappa shape index (κ3) is 2.17. The second-order valence-corrected chi connectivity index (χ2v) is 4.52. The average Bonchev–Trinajstić information content (AvgIpc) is 2.84. The number of hydrogen-bond acceptors (Lipinski definition) is 3. The highest BCUT2D eigenvalue weighted by Crippen LogP contribution is 2.25. The number of carboxylic acid groups (broad SMARTS) is 1. The van der Waals surface area contributed by atoms with E-state index in [2.05, 4.69) is 5.10 Å². The summed E-state index contributed by atoms with van der Waals surface area (Å²) in [5.41, 5.74) is 0.537. The molecule has 0 spiro atoms. The lowest BCUT2D eigenvalue weighted by atomic mass is 10.1. The standard InChI is InChI=1S/C13H9F3N2O3/c14-8-3-6(4-9(15)11(8)16)18-10-1-2-21-5-7(10)12(17-18)13(19)20/h3-4H,1-2,5H2,(H,19,20). The van der Waals surface area contributed by atoms with E-state index in [1.165, 1.54) is 0 Å². The zero-order chi connectivity index (χ0) is 15.1. The fourth-order valence-electron chi connectivity index (χ4n) is 2.29. The van der Waals surface area contributed by atoms with E-state index in [9.17, 15) is 18.0 Å². The van der Waals surface area contributed by atoms with E-state index < -0.39 is 23.4 Å². The molecule has 1 aliphatic rings. The van der Waals surface area contributed by atoms with E-state index in [4.69, 9.17) is 9.84 Å². The number of aromatic nitrogens is 2. The molecule has 0 bridgehead atoms. The Morgan fingerprint density at radius 2 is 1.95 bits per heavy atom. The fraction of sp³-hybridized carbons (Fsp3) is 0.231. The Bertz CT molecular complexity index is 719. The number of rotatable bonds is 2. The van der Waals surface area contributed by atoms with E-state index in [0.29, 0.717) is 24.3 Å². The summed E-state index contributed by atoms with van der Waals surface area (Å²) in [5.74, 6) is -5.57. The SMILES string of the molecule is O=C(O)c1nn(-c2cc(F)c(F)c(F)c2)c2c1COCC2. The van der Waals surface area contributed by atoms with Gasteiger partial charge in [-0.25, -0.2) is 22.6 Å². The molecular weight excluding hydrogens is 289 g/mol. The first-order valence-corrected chi connectivity index (χ1v) is 6.05. The van der Waals surface area contributed by atoms with Crippen molar-refractivity contribution in [2.24, 2.45) is 0 Å². The van der Waals surface area contributed by atoms with Crippen LogP contribution in [-0.4, -0.2) is 27.5 Å². The van der Waals surface area contributed by atoms with Crippen LogP contribution < -0.4 is 0 Å². The average molecular weight is 298 g/mol. The van der Waals surface area contributed by atoms with Crippen molar-refractivity contribution < 1.29 is 27.8 Å². The zero-order valence-electron chi connectivity index (χ0n) is 10.6. The molecule has 2 aromatic rings. The minimum Gasteiger partial charge on any atom is -0.476 e. The third-order valence-electron chi connectivity index (χ3n) is 3.24. The Morgan fingerprint density at radius 1 is 1.29 bits per heavy atom. The molecule has 2 heterocycles. The second-order valence-electron chi connectivity index (χ2n) is 4.52. The van der Waals surface area contributed by atoms with Crippen molar-refractivity contribution in [1.29, 1.82) is 0 Å². The monoisotopic (exact) mass is 298 g/mol. The van der Waals surface area contributed by atoms with Crippen LogP contribution in [0.1, 0.15) is 21.7 Å². The first kappa shape index (κ1) is 13.6. The first-order chi connectivity index (χ1) is 9.99. The molecule has 0 aliphatic carbocycles. The summed E-state index contributed by atoms with van der Waals surface area (Å²) in [6.45, 7) is 0.396. The van der Waals surface area contributed by atoms with Gasteiger partial charge in [0.1, 0.15) is 0 Å². The number of hydrogen-bond donors (Lipinski definition) is 1. The molecule has 0 amide bonds. The van der Waals surface area contributed by atoms with E-state index in [1.807, 2.05) is 0 Å². The summed E-state index contributed by atoms with van der Waals surface area (Å²) in [6, 6.07) is 1.54. The molecule has 1 N–H and O–H groups in total. The molecule has 1 aromatic heterocycles. The Balaban J connectivity index is 2.21. The molecule has 8 heteroatoms. The van der Waals surface area contributed by atoms with Gasteiger partial charge in [0.05, 0.1) is 24.6 Å². The van der Waals surface area contributed by atoms with Gasteiger partial charge in [0, 0.05) is 24.1 Å². The highest BCUT2D eigenvalue weighted by atomic mass is 19.2. The van der Waals surface area contributed by atoms with Crippen LogP contribution in [0.5, 0.6) is 0 Å². The molecule has 110 valence electrons. The quantitative estimate of drug-likeness (QED) is 0.862. The largest absolute Gasteiger partial charge is 0.476 e. The van der Waals surface area contributed by atoms with E-state index in [1.54, 1.807) is 0 Å². The van der Waals surface area contributed by atoms with Gasteiger partial charge in [-0.15, -0.1) is 0 Å².